The Hall–Kier alpha value is -0.240. The fourth-order valence-corrected chi connectivity index (χ4v) is 3.99. The van der Waals surface area contributed by atoms with Crippen molar-refractivity contribution in [2.24, 2.45) is 11.8 Å². The maximum atomic E-state index is 6.39. The maximum Gasteiger partial charge on any atom is 0.0624 e. The summed E-state index contributed by atoms with van der Waals surface area (Å²) in [5, 5.41) is 5.19. The second-order valence-corrected chi connectivity index (χ2v) is 7.54. The minimum Gasteiger partial charge on any atom is -0.314 e. The quantitative estimate of drug-likeness (QED) is 0.706. The highest BCUT2D eigenvalue weighted by Crippen LogP contribution is 2.35. The van der Waals surface area contributed by atoms with Gasteiger partial charge in [0.1, 0.15) is 0 Å². The molecule has 3 rings (SSSR count). The van der Waals surface area contributed by atoms with Gasteiger partial charge >= 0.3 is 0 Å². The standard InChI is InChI=1S/C18H25Cl2N/c19-17-8-4-7-14(18(17)20)11-13-5-2-1-3-6-15(13)12-21-16-9-10-16/h4,7-8,13,15-16,21H,1-3,5-6,9-12H2. The average Bonchev–Trinajstić information content (AvgIpc) is 3.30. The van der Waals surface area contributed by atoms with Gasteiger partial charge in [0.25, 0.3) is 0 Å². The molecule has 2 saturated carbocycles. The summed E-state index contributed by atoms with van der Waals surface area (Å²) < 4.78 is 0. The van der Waals surface area contributed by atoms with Crippen molar-refractivity contribution in [2.75, 3.05) is 6.54 Å². The zero-order chi connectivity index (χ0) is 14.7. The van der Waals surface area contributed by atoms with E-state index in [0.29, 0.717) is 5.02 Å². The summed E-state index contributed by atoms with van der Waals surface area (Å²) >= 11 is 12.6. The lowest BCUT2D eigenvalue weighted by Crippen LogP contribution is -2.30. The van der Waals surface area contributed by atoms with E-state index in [1.807, 2.05) is 12.1 Å². The summed E-state index contributed by atoms with van der Waals surface area (Å²) in [5.41, 5.74) is 1.23. The maximum absolute atomic E-state index is 6.39. The largest absolute Gasteiger partial charge is 0.314 e. The molecule has 1 nitrogen and oxygen atoms in total. The third kappa shape index (κ3) is 4.37. The minimum absolute atomic E-state index is 0.690. The Balaban J connectivity index is 1.67. The van der Waals surface area contributed by atoms with E-state index in [9.17, 15) is 0 Å². The Bertz CT molecular complexity index is 470. The molecule has 1 aromatic carbocycles. The predicted molar refractivity (Wildman–Crippen MR) is 91.3 cm³/mol. The topological polar surface area (TPSA) is 12.0 Å². The molecule has 21 heavy (non-hydrogen) atoms. The second kappa shape index (κ2) is 7.35. The normalized spacial score (nSPS) is 26.6. The molecule has 116 valence electrons. The highest BCUT2D eigenvalue weighted by molar-refractivity contribution is 6.42. The van der Waals surface area contributed by atoms with Gasteiger partial charge in [-0.3, -0.25) is 0 Å². The molecule has 2 unspecified atom stereocenters. The summed E-state index contributed by atoms with van der Waals surface area (Å²) in [6.45, 7) is 1.19. The number of hydrogen-bond acceptors (Lipinski definition) is 1. The van der Waals surface area contributed by atoms with Gasteiger partial charge in [-0.15, -0.1) is 0 Å². The minimum atomic E-state index is 0.690. The van der Waals surface area contributed by atoms with Crippen LogP contribution >= 0.6 is 23.2 Å². The number of rotatable bonds is 5. The highest BCUT2D eigenvalue weighted by atomic mass is 35.5. The van der Waals surface area contributed by atoms with Crippen molar-refractivity contribution >= 4 is 23.2 Å². The third-order valence-corrected chi connectivity index (χ3v) is 5.93. The summed E-state index contributed by atoms with van der Waals surface area (Å²) in [5.74, 6) is 1.54. The molecular weight excluding hydrogens is 301 g/mol. The zero-order valence-electron chi connectivity index (χ0n) is 12.6. The Kier molecular flexibility index (Phi) is 5.48. The molecule has 1 aromatic rings. The molecule has 0 saturated heterocycles. The molecule has 0 spiro atoms. The number of nitrogens with one attached hydrogen (secondary N) is 1. The van der Waals surface area contributed by atoms with Gasteiger partial charge in [-0.05, 0) is 62.1 Å². The Morgan fingerprint density at radius 2 is 1.71 bits per heavy atom. The molecule has 0 heterocycles. The lowest BCUT2D eigenvalue weighted by atomic mass is 9.83. The van der Waals surface area contributed by atoms with Crippen molar-refractivity contribution in [1.82, 2.24) is 5.32 Å². The van der Waals surface area contributed by atoms with Crippen LogP contribution in [0.15, 0.2) is 18.2 Å². The molecule has 0 aliphatic heterocycles. The van der Waals surface area contributed by atoms with E-state index in [0.717, 1.165) is 29.3 Å². The molecule has 3 heteroatoms. The lowest BCUT2D eigenvalue weighted by molar-refractivity contribution is 0.297. The number of benzene rings is 1. The highest BCUT2D eigenvalue weighted by Gasteiger charge is 2.27. The Morgan fingerprint density at radius 1 is 0.952 bits per heavy atom. The van der Waals surface area contributed by atoms with E-state index >= 15 is 0 Å². The Morgan fingerprint density at radius 3 is 2.48 bits per heavy atom. The SMILES string of the molecule is Clc1cccc(CC2CCCCCC2CNC2CC2)c1Cl. The van der Waals surface area contributed by atoms with E-state index in [-0.39, 0.29) is 0 Å². The first-order chi connectivity index (χ1) is 10.2. The van der Waals surface area contributed by atoms with Crippen LogP contribution in [0.4, 0.5) is 0 Å². The lowest BCUT2D eigenvalue weighted by Gasteiger charge is -2.26. The predicted octanol–water partition coefficient (Wildman–Crippen LogP) is 5.48. The molecule has 2 aliphatic carbocycles. The molecule has 2 atom stereocenters. The van der Waals surface area contributed by atoms with Gasteiger partial charge < -0.3 is 5.32 Å². The second-order valence-electron chi connectivity index (χ2n) is 6.76. The van der Waals surface area contributed by atoms with Crippen LogP contribution < -0.4 is 5.32 Å². The van der Waals surface area contributed by atoms with Crippen LogP contribution in [0.25, 0.3) is 0 Å². The van der Waals surface area contributed by atoms with Crippen molar-refractivity contribution in [3.05, 3.63) is 33.8 Å². The van der Waals surface area contributed by atoms with Crippen LogP contribution in [0.1, 0.15) is 50.5 Å². The van der Waals surface area contributed by atoms with Crippen molar-refractivity contribution < 1.29 is 0 Å². The average molecular weight is 326 g/mol. The van der Waals surface area contributed by atoms with Crippen molar-refractivity contribution in [3.8, 4) is 0 Å². The van der Waals surface area contributed by atoms with E-state index in [4.69, 9.17) is 23.2 Å². The summed E-state index contributed by atoms with van der Waals surface area (Å²) in [6, 6.07) is 6.86. The van der Waals surface area contributed by atoms with Gasteiger partial charge in [0.2, 0.25) is 0 Å². The van der Waals surface area contributed by atoms with Crippen LogP contribution in [-0.4, -0.2) is 12.6 Å². The molecule has 0 bridgehead atoms. The molecule has 0 amide bonds. The van der Waals surface area contributed by atoms with Crippen molar-refractivity contribution in [2.45, 2.75) is 57.4 Å². The Labute approximate surface area is 138 Å². The summed E-state index contributed by atoms with van der Waals surface area (Å²) in [6.07, 6.45) is 10.7. The van der Waals surface area contributed by atoms with Gasteiger partial charge in [0, 0.05) is 6.04 Å². The molecular formula is C18H25Cl2N. The van der Waals surface area contributed by atoms with Crippen LogP contribution in [0.5, 0.6) is 0 Å². The van der Waals surface area contributed by atoms with Gasteiger partial charge in [0.05, 0.1) is 10.0 Å². The van der Waals surface area contributed by atoms with Crippen LogP contribution in [0.3, 0.4) is 0 Å². The van der Waals surface area contributed by atoms with Crippen LogP contribution in [0, 0.1) is 11.8 Å². The third-order valence-electron chi connectivity index (χ3n) is 5.08. The first-order valence-electron chi connectivity index (χ1n) is 8.40. The van der Waals surface area contributed by atoms with Crippen molar-refractivity contribution in [3.63, 3.8) is 0 Å². The fourth-order valence-electron chi connectivity index (χ4n) is 3.59. The molecule has 2 fully saturated rings. The first-order valence-corrected chi connectivity index (χ1v) is 9.16. The molecule has 0 aromatic heterocycles. The van der Waals surface area contributed by atoms with Gasteiger partial charge in [0.15, 0.2) is 0 Å². The van der Waals surface area contributed by atoms with E-state index in [2.05, 4.69) is 11.4 Å². The summed E-state index contributed by atoms with van der Waals surface area (Å²) in [4.78, 5) is 0. The van der Waals surface area contributed by atoms with Gasteiger partial charge in [-0.25, -0.2) is 0 Å². The monoisotopic (exact) mass is 325 g/mol. The van der Waals surface area contributed by atoms with E-state index < -0.39 is 0 Å². The van der Waals surface area contributed by atoms with Gasteiger partial charge in [-0.1, -0.05) is 54.6 Å². The summed E-state index contributed by atoms with van der Waals surface area (Å²) in [7, 11) is 0. The smallest absolute Gasteiger partial charge is 0.0624 e. The van der Waals surface area contributed by atoms with E-state index in [1.165, 1.54) is 57.1 Å². The van der Waals surface area contributed by atoms with E-state index in [1.54, 1.807) is 0 Å². The first kappa shape index (κ1) is 15.6. The molecule has 1 N–H and O–H groups in total. The zero-order valence-corrected chi connectivity index (χ0v) is 14.1. The van der Waals surface area contributed by atoms with Gasteiger partial charge in [-0.2, -0.15) is 0 Å². The van der Waals surface area contributed by atoms with Crippen LogP contribution in [-0.2, 0) is 6.42 Å². The number of halogens is 2. The van der Waals surface area contributed by atoms with Crippen molar-refractivity contribution in [1.29, 1.82) is 0 Å². The molecule has 0 radical (unpaired) electrons. The van der Waals surface area contributed by atoms with Crippen LogP contribution in [0.2, 0.25) is 10.0 Å². The molecule has 2 aliphatic rings. The fraction of sp³-hybridized carbons (Fsp3) is 0.667. The number of hydrogen-bond donors (Lipinski definition) is 1.